The molecular weight excluding hydrogens is 224 g/mol. The van der Waals surface area contributed by atoms with Gasteiger partial charge in [-0.1, -0.05) is 13.3 Å². The summed E-state index contributed by atoms with van der Waals surface area (Å²) in [6.45, 7) is 7.48. The SMILES string of the molecule is CC1CCC(CN)C(Cc2ncnn2C(C)C)C1. The van der Waals surface area contributed by atoms with Gasteiger partial charge in [0.15, 0.2) is 0 Å². The van der Waals surface area contributed by atoms with E-state index in [1.807, 2.05) is 4.68 Å². The van der Waals surface area contributed by atoms with Gasteiger partial charge in [-0.25, -0.2) is 9.67 Å². The van der Waals surface area contributed by atoms with Crippen molar-refractivity contribution in [1.29, 1.82) is 0 Å². The molecule has 0 amide bonds. The third-order valence-corrected chi connectivity index (χ3v) is 4.29. The summed E-state index contributed by atoms with van der Waals surface area (Å²) in [6.07, 6.45) is 6.60. The van der Waals surface area contributed by atoms with Gasteiger partial charge < -0.3 is 5.73 Å². The molecule has 1 aromatic heterocycles. The van der Waals surface area contributed by atoms with Crippen molar-refractivity contribution in [1.82, 2.24) is 14.8 Å². The fraction of sp³-hybridized carbons (Fsp3) is 0.857. The van der Waals surface area contributed by atoms with Crippen LogP contribution in [0.2, 0.25) is 0 Å². The Morgan fingerprint density at radius 1 is 1.39 bits per heavy atom. The van der Waals surface area contributed by atoms with E-state index in [-0.39, 0.29) is 0 Å². The predicted octanol–water partition coefficient (Wildman–Crippen LogP) is 2.41. The maximum Gasteiger partial charge on any atom is 0.138 e. The van der Waals surface area contributed by atoms with Crippen molar-refractivity contribution in [2.75, 3.05) is 6.54 Å². The van der Waals surface area contributed by atoms with E-state index in [2.05, 4.69) is 30.9 Å². The van der Waals surface area contributed by atoms with Gasteiger partial charge in [0.05, 0.1) is 0 Å². The Kier molecular flexibility index (Phi) is 4.38. The minimum Gasteiger partial charge on any atom is -0.330 e. The van der Waals surface area contributed by atoms with E-state index in [0.29, 0.717) is 17.9 Å². The molecule has 4 heteroatoms. The molecule has 2 N–H and O–H groups in total. The standard InChI is InChI=1S/C14H26N4/c1-10(2)18-14(16-9-17-18)7-13-6-11(3)4-5-12(13)8-15/h9-13H,4-8,15H2,1-3H3. The summed E-state index contributed by atoms with van der Waals surface area (Å²) in [4.78, 5) is 4.44. The molecule has 3 atom stereocenters. The fourth-order valence-corrected chi connectivity index (χ4v) is 3.21. The summed E-state index contributed by atoms with van der Waals surface area (Å²) >= 11 is 0. The van der Waals surface area contributed by atoms with E-state index in [1.165, 1.54) is 19.3 Å². The first-order valence-electron chi connectivity index (χ1n) is 7.20. The van der Waals surface area contributed by atoms with Crippen LogP contribution in [-0.2, 0) is 6.42 Å². The number of nitrogens with zero attached hydrogens (tertiary/aromatic N) is 3. The molecule has 4 nitrogen and oxygen atoms in total. The van der Waals surface area contributed by atoms with Crippen LogP contribution in [-0.4, -0.2) is 21.3 Å². The molecule has 0 radical (unpaired) electrons. The van der Waals surface area contributed by atoms with Crippen molar-refractivity contribution in [2.45, 2.75) is 52.5 Å². The van der Waals surface area contributed by atoms with Gasteiger partial charge in [-0.05, 0) is 51.0 Å². The summed E-state index contributed by atoms with van der Waals surface area (Å²) < 4.78 is 2.05. The molecule has 1 heterocycles. The largest absolute Gasteiger partial charge is 0.330 e. The Balaban J connectivity index is 2.08. The first-order valence-corrected chi connectivity index (χ1v) is 7.20. The third kappa shape index (κ3) is 2.91. The fourth-order valence-electron chi connectivity index (χ4n) is 3.21. The van der Waals surface area contributed by atoms with Crippen LogP contribution in [0.15, 0.2) is 6.33 Å². The summed E-state index contributed by atoms with van der Waals surface area (Å²) in [6, 6.07) is 0.389. The lowest BCUT2D eigenvalue weighted by Crippen LogP contribution is -2.31. The molecule has 1 aliphatic rings. The lowest BCUT2D eigenvalue weighted by atomic mass is 9.73. The smallest absolute Gasteiger partial charge is 0.138 e. The molecule has 0 saturated heterocycles. The monoisotopic (exact) mass is 250 g/mol. The van der Waals surface area contributed by atoms with Crippen molar-refractivity contribution >= 4 is 0 Å². The van der Waals surface area contributed by atoms with Gasteiger partial charge in [-0.3, -0.25) is 0 Å². The highest BCUT2D eigenvalue weighted by molar-refractivity contribution is 4.92. The zero-order valence-corrected chi connectivity index (χ0v) is 11.8. The van der Waals surface area contributed by atoms with Gasteiger partial charge in [0.1, 0.15) is 12.2 Å². The van der Waals surface area contributed by atoms with Crippen LogP contribution in [0.1, 0.15) is 51.9 Å². The van der Waals surface area contributed by atoms with Gasteiger partial charge in [0, 0.05) is 12.5 Å². The molecule has 0 aromatic carbocycles. The van der Waals surface area contributed by atoms with E-state index in [1.54, 1.807) is 6.33 Å². The molecule has 0 spiro atoms. The van der Waals surface area contributed by atoms with E-state index in [4.69, 9.17) is 5.73 Å². The van der Waals surface area contributed by atoms with Gasteiger partial charge >= 0.3 is 0 Å². The normalized spacial score (nSPS) is 28.8. The van der Waals surface area contributed by atoms with E-state index in [9.17, 15) is 0 Å². The number of rotatable bonds is 4. The van der Waals surface area contributed by atoms with Crippen LogP contribution in [0.3, 0.4) is 0 Å². The van der Waals surface area contributed by atoms with Gasteiger partial charge in [-0.15, -0.1) is 0 Å². The lowest BCUT2D eigenvalue weighted by molar-refractivity contribution is 0.188. The van der Waals surface area contributed by atoms with Crippen LogP contribution in [0, 0.1) is 17.8 Å². The van der Waals surface area contributed by atoms with Crippen LogP contribution in [0.5, 0.6) is 0 Å². The van der Waals surface area contributed by atoms with E-state index in [0.717, 1.165) is 24.7 Å². The average molecular weight is 250 g/mol. The zero-order chi connectivity index (χ0) is 13.1. The Morgan fingerprint density at radius 2 is 2.17 bits per heavy atom. The summed E-state index contributed by atoms with van der Waals surface area (Å²) in [5.74, 6) is 3.30. The second kappa shape index (κ2) is 5.83. The number of hydrogen-bond donors (Lipinski definition) is 1. The molecule has 2 rings (SSSR count). The highest BCUT2D eigenvalue weighted by atomic mass is 15.3. The predicted molar refractivity (Wildman–Crippen MR) is 73.2 cm³/mol. The lowest BCUT2D eigenvalue weighted by Gasteiger charge is -2.34. The van der Waals surface area contributed by atoms with Crippen molar-refractivity contribution in [3.8, 4) is 0 Å². The minimum atomic E-state index is 0.389. The molecule has 1 saturated carbocycles. The summed E-state index contributed by atoms with van der Waals surface area (Å²) in [5.41, 5.74) is 5.92. The van der Waals surface area contributed by atoms with Crippen molar-refractivity contribution in [3.05, 3.63) is 12.2 Å². The maximum atomic E-state index is 5.92. The topological polar surface area (TPSA) is 56.7 Å². The first kappa shape index (κ1) is 13.5. The average Bonchev–Trinajstić information content (AvgIpc) is 2.77. The third-order valence-electron chi connectivity index (χ3n) is 4.29. The second-order valence-electron chi connectivity index (χ2n) is 6.09. The summed E-state index contributed by atoms with van der Waals surface area (Å²) in [5, 5.41) is 4.33. The quantitative estimate of drug-likeness (QED) is 0.892. The van der Waals surface area contributed by atoms with Gasteiger partial charge in [0.2, 0.25) is 0 Å². The van der Waals surface area contributed by atoms with Crippen molar-refractivity contribution in [2.24, 2.45) is 23.5 Å². The highest BCUT2D eigenvalue weighted by Crippen LogP contribution is 2.35. The minimum absolute atomic E-state index is 0.389. The molecule has 18 heavy (non-hydrogen) atoms. The Labute approximate surface area is 110 Å². The second-order valence-corrected chi connectivity index (χ2v) is 6.09. The number of nitrogens with two attached hydrogens (primary N) is 1. The molecular formula is C14H26N4. The van der Waals surface area contributed by atoms with Crippen molar-refractivity contribution in [3.63, 3.8) is 0 Å². The molecule has 0 bridgehead atoms. The maximum absolute atomic E-state index is 5.92. The molecule has 102 valence electrons. The Bertz CT molecular complexity index is 372. The zero-order valence-electron chi connectivity index (χ0n) is 11.8. The van der Waals surface area contributed by atoms with Crippen LogP contribution >= 0.6 is 0 Å². The molecule has 0 aliphatic heterocycles. The Hall–Kier alpha value is -0.900. The van der Waals surface area contributed by atoms with Gasteiger partial charge in [-0.2, -0.15) is 5.10 Å². The van der Waals surface area contributed by atoms with Crippen molar-refractivity contribution < 1.29 is 0 Å². The summed E-state index contributed by atoms with van der Waals surface area (Å²) in [7, 11) is 0. The molecule has 1 aromatic rings. The van der Waals surface area contributed by atoms with Gasteiger partial charge in [0.25, 0.3) is 0 Å². The molecule has 1 fully saturated rings. The van der Waals surface area contributed by atoms with Crippen LogP contribution in [0.4, 0.5) is 0 Å². The Morgan fingerprint density at radius 3 is 2.83 bits per heavy atom. The van der Waals surface area contributed by atoms with E-state index < -0.39 is 0 Å². The molecule has 3 unspecified atom stereocenters. The number of aromatic nitrogens is 3. The first-order chi connectivity index (χ1) is 8.61. The number of hydrogen-bond acceptors (Lipinski definition) is 3. The van der Waals surface area contributed by atoms with Crippen LogP contribution < -0.4 is 5.73 Å². The highest BCUT2D eigenvalue weighted by Gasteiger charge is 2.29. The van der Waals surface area contributed by atoms with Crippen LogP contribution in [0.25, 0.3) is 0 Å². The van der Waals surface area contributed by atoms with E-state index >= 15 is 0 Å². The molecule has 1 aliphatic carbocycles.